The van der Waals surface area contributed by atoms with Crippen LogP contribution in [0.4, 0.5) is 0 Å². The summed E-state index contributed by atoms with van der Waals surface area (Å²) in [5.41, 5.74) is 4.67. The van der Waals surface area contributed by atoms with Crippen LogP contribution in [0.2, 0.25) is 0 Å². The summed E-state index contributed by atoms with van der Waals surface area (Å²) in [7, 11) is 0. The lowest BCUT2D eigenvalue weighted by atomic mass is 10.1. The molecule has 2 N–H and O–H groups in total. The van der Waals surface area contributed by atoms with E-state index in [-0.39, 0.29) is 0 Å². The van der Waals surface area contributed by atoms with Crippen molar-refractivity contribution < 1.29 is 19.8 Å². The summed E-state index contributed by atoms with van der Waals surface area (Å²) < 4.78 is 0. The third-order valence-corrected chi connectivity index (χ3v) is 4.63. The van der Waals surface area contributed by atoms with Gasteiger partial charge in [-0.15, -0.1) is 0 Å². The number of hydrogen-bond donors (Lipinski definition) is 2. The highest BCUT2D eigenvalue weighted by molar-refractivity contribution is 8.01. The molecule has 0 spiro atoms. The van der Waals surface area contributed by atoms with Gasteiger partial charge in [0.2, 0.25) is 5.25 Å². The second-order valence-corrected chi connectivity index (χ2v) is 6.01. The zero-order chi connectivity index (χ0) is 15.0. The van der Waals surface area contributed by atoms with Crippen molar-refractivity contribution in [1.82, 2.24) is 0 Å². The molecule has 0 fully saturated rings. The first kappa shape index (κ1) is 13.7. The van der Waals surface area contributed by atoms with Gasteiger partial charge in [0.1, 0.15) is 0 Å². The highest BCUT2D eigenvalue weighted by Gasteiger charge is 2.27. The summed E-state index contributed by atoms with van der Waals surface area (Å²) in [4.78, 5) is 22.6. The minimum absolute atomic E-state index is 0.663. The second-order valence-electron chi connectivity index (χ2n) is 4.83. The van der Waals surface area contributed by atoms with E-state index in [4.69, 9.17) is 10.2 Å². The fraction of sp³-hybridized carbons (Fsp3) is 0.125. The van der Waals surface area contributed by atoms with Crippen molar-refractivity contribution in [3.8, 4) is 11.1 Å². The Balaban J connectivity index is 1.90. The predicted octanol–water partition coefficient (Wildman–Crippen LogP) is 2.89. The van der Waals surface area contributed by atoms with E-state index >= 15 is 0 Å². The van der Waals surface area contributed by atoms with Gasteiger partial charge in [-0.3, -0.25) is 9.59 Å². The number of carboxylic acid groups (broad SMARTS) is 2. The normalized spacial score (nSPS) is 12.0. The minimum Gasteiger partial charge on any atom is -0.480 e. The molecule has 5 heteroatoms. The molecule has 0 amide bonds. The van der Waals surface area contributed by atoms with Crippen molar-refractivity contribution in [2.45, 2.75) is 16.6 Å². The standard InChI is InChI=1S/C16H12O4S/c17-15(18)14(16(19)20)21-11-5-6-13-10(8-11)7-9-3-1-2-4-12(9)13/h1-6,8,14H,7H2,(H,17,18)(H,19,20). The number of rotatable bonds is 4. The lowest BCUT2D eigenvalue weighted by molar-refractivity contribution is -0.146. The van der Waals surface area contributed by atoms with Crippen LogP contribution in [0.25, 0.3) is 11.1 Å². The molecule has 0 saturated carbocycles. The predicted molar refractivity (Wildman–Crippen MR) is 79.6 cm³/mol. The Bertz CT molecular complexity index is 725. The van der Waals surface area contributed by atoms with Crippen LogP contribution < -0.4 is 0 Å². The zero-order valence-electron chi connectivity index (χ0n) is 10.9. The van der Waals surface area contributed by atoms with E-state index in [2.05, 4.69) is 12.1 Å². The quantitative estimate of drug-likeness (QED) is 0.572. The Hall–Kier alpha value is -2.27. The Morgan fingerprint density at radius 3 is 2.33 bits per heavy atom. The third-order valence-electron chi connectivity index (χ3n) is 3.47. The van der Waals surface area contributed by atoms with Gasteiger partial charge >= 0.3 is 11.9 Å². The Labute approximate surface area is 125 Å². The zero-order valence-corrected chi connectivity index (χ0v) is 11.8. The van der Waals surface area contributed by atoms with Crippen molar-refractivity contribution in [2.75, 3.05) is 0 Å². The van der Waals surface area contributed by atoms with Crippen LogP contribution in [0.3, 0.4) is 0 Å². The number of fused-ring (bicyclic) bond motifs is 3. The summed E-state index contributed by atoms with van der Waals surface area (Å²) in [5.74, 6) is -2.67. The Morgan fingerprint density at radius 2 is 1.62 bits per heavy atom. The average Bonchev–Trinajstić information content (AvgIpc) is 2.81. The summed E-state index contributed by atoms with van der Waals surface area (Å²) in [5, 5.41) is 16.4. The van der Waals surface area contributed by atoms with Gasteiger partial charge in [0.25, 0.3) is 0 Å². The van der Waals surface area contributed by atoms with Gasteiger partial charge in [0.05, 0.1) is 0 Å². The van der Waals surface area contributed by atoms with Gasteiger partial charge in [-0.05, 0) is 40.8 Å². The highest BCUT2D eigenvalue weighted by atomic mass is 32.2. The van der Waals surface area contributed by atoms with E-state index in [9.17, 15) is 9.59 Å². The molecule has 0 unspecified atom stereocenters. The largest absolute Gasteiger partial charge is 0.480 e. The van der Waals surface area contributed by atoms with Crippen molar-refractivity contribution in [3.05, 3.63) is 53.6 Å². The molecule has 0 atom stereocenters. The Morgan fingerprint density at radius 1 is 0.952 bits per heavy atom. The average molecular weight is 300 g/mol. The van der Waals surface area contributed by atoms with Crippen LogP contribution in [-0.4, -0.2) is 27.4 Å². The molecular weight excluding hydrogens is 288 g/mol. The van der Waals surface area contributed by atoms with Crippen molar-refractivity contribution in [1.29, 1.82) is 0 Å². The van der Waals surface area contributed by atoms with E-state index in [1.54, 1.807) is 6.07 Å². The molecule has 2 aromatic rings. The van der Waals surface area contributed by atoms with Gasteiger partial charge in [-0.1, -0.05) is 42.1 Å². The summed E-state index contributed by atoms with van der Waals surface area (Å²) >= 11 is 0.851. The fourth-order valence-electron chi connectivity index (χ4n) is 2.54. The molecule has 0 heterocycles. The lowest BCUT2D eigenvalue weighted by Crippen LogP contribution is -2.26. The maximum atomic E-state index is 11.0. The SMILES string of the molecule is O=C(O)C(Sc1ccc2c(c1)Cc1ccccc1-2)C(=O)O. The minimum atomic E-state index is -1.48. The maximum Gasteiger partial charge on any atom is 0.328 e. The molecule has 106 valence electrons. The molecule has 4 nitrogen and oxygen atoms in total. The molecule has 0 radical (unpaired) electrons. The third kappa shape index (κ3) is 2.52. The van der Waals surface area contributed by atoms with Crippen LogP contribution in [0, 0.1) is 0 Å². The summed E-state index contributed by atoms with van der Waals surface area (Å²) in [6.07, 6.45) is 0.796. The second kappa shape index (κ2) is 5.26. The highest BCUT2D eigenvalue weighted by Crippen LogP contribution is 2.38. The van der Waals surface area contributed by atoms with Crippen molar-refractivity contribution in [2.24, 2.45) is 0 Å². The van der Waals surface area contributed by atoms with E-state index in [0.29, 0.717) is 4.90 Å². The smallest absolute Gasteiger partial charge is 0.328 e. The Kier molecular flexibility index (Phi) is 3.43. The molecule has 1 aliphatic carbocycles. The first-order valence-electron chi connectivity index (χ1n) is 6.40. The van der Waals surface area contributed by atoms with Crippen LogP contribution in [-0.2, 0) is 16.0 Å². The summed E-state index contributed by atoms with van der Waals surface area (Å²) in [6, 6.07) is 13.7. The molecule has 2 aromatic carbocycles. The molecule has 21 heavy (non-hydrogen) atoms. The van der Waals surface area contributed by atoms with E-state index in [1.165, 1.54) is 11.1 Å². The molecule has 0 saturated heterocycles. The molecule has 0 aliphatic heterocycles. The van der Waals surface area contributed by atoms with Gasteiger partial charge in [-0.2, -0.15) is 0 Å². The van der Waals surface area contributed by atoms with Crippen LogP contribution in [0.1, 0.15) is 11.1 Å². The van der Waals surface area contributed by atoms with Gasteiger partial charge in [0.15, 0.2) is 0 Å². The van der Waals surface area contributed by atoms with Gasteiger partial charge < -0.3 is 10.2 Å². The first-order chi connectivity index (χ1) is 10.1. The van der Waals surface area contributed by atoms with Crippen LogP contribution in [0.5, 0.6) is 0 Å². The molecule has 3 rings (SSSR count). The fourth-order valence-corrected chi connectivity index (χ4v) is 3.37. The molecule has 0 aromatic heterocycles. The van der Waals surface area contributed by atoms with Gasteiger partial charge in [0, 0.05) is 4.90 Å². The van der Waals surface area contributed by atoms with E-state index in [0.717, 1.165) is 29.3 Å². The number of carboxylic acids is 2. The number of benzene rings is 2. The summed E-state index contributed by atoms with van der Waals surface area (Å²) in [6.45, 7) is 0. The topological polar surface area (TPSA) is 74.6 Å². The van der Waals surface area contributed by atoms with E-state index < -0.39 is 17.2 Å². The molecule has 1 aliphatic rings. The lowest BCUT2D eigenvalue weighted by Gasteiger charge is -2.09. The molecule has 0 bridgehead atoms. The van der Waals surface area contributed by atoms with Gasteiger partial charge in [-0.25, -0.2) is 0 Å². The van der Waals surface area contributed by atoms with E-state index in [1.807, 2.05) is 24.3 Å². The van der Waals surface area contributed by atoms with Crippen LogP contribution >= 0.6 is 11.8 Å². The molecular formula is C16H12O4S. The number of carbonyl (C=O) groups is 2. The van der Waals surface area contributed by atoms with Crippen molar-refractivity contribution in [3.63, 3.8) is 0 Å². The monoisotopic (exact) mass is 300 g/mol. The number of hydrogen-bond acceptors (Lipinski definition) is 3. The maximum absolute atomic E-state index is 11.0. The van der Waals surface area contributed by atoms with Crippen LogP contribution in [0.15, 0.2) is 47.4 Å². The first-order valence-corrected chi connectivity index (χ1v) is 7.27. The number of aliphatic carboxylic acids is 2. The number of thioether (sulfide) groups is 1. The van der Waals surface area contributed by atoms with Crippen molar-refractivity contribution >= 4 is 23.7 Å².